The van der Waals surface area contributed by atoms with Crippen molar-refractivity contribution >= 4 is 28.0 Å². The summed E-state index contributed by atoms with van der Waals surface area (Å²) in [5.41, 5.74) is -0.0304. The molecule has 0 aliphatic heterocycles. The minimum atomic E-state index is -4.65. The van der Waals surface area contributed by atoms with Crippen LogP contribution in [0.1, 0.15) is 11.1 Å². The quantitative estimate of drug-likeness (QED) is 0.807. The predicted octanol–water partition coefficient (Wildman–Crippen LogP) is 4.15. The standard InChI is InChI=1S/C18H16F3NO2S/c1-25(24)12-13-6-5-9-15(10-13)22-17(23)11-16(18(19,20)21)14-7-3-2-4-8-14/h2-11H,12H2,1H3,(H,22,23). The predicted molar refractivity (Wildman–Crippen MR) is 93.3 cm³/mol. The lowest BCUT2D eigenvalue weighted by Gasteiger charge is -2.12. The largest absolute Gasteiger partial charge is 0.417 e. The Morgan fingerprint density at radius 3 is 2.40 bits per heavy atom. The molecular formula is C18H16F3NO2S. The highest BCUT2D eigenvalue weighted by atomic mass is 32.2. The van der Waals surface area contributed by atoms with Crippen LogP contribution in [0.4, 0.5) is 18.9 Å². The van der Waals surface area contributed by atoms with Crippen LogP contribution in [-0.2, 0) is 21.3 Å². The maximum atomic E-state index is 13.2. The molecule has 1 amide bonds. The van der Waals surface area contributed by atoms with E-state index in [1.54, 1.807) is 36.6 Å². The molecule has 0 aliphatic rings. The van der Waals surface area contributed by atoms with Crippen molar-refractivity contribution in [3.8, 4) is 0 Å². The number of allylic oxidation sites excluding steroid dienone is 1. The molecule has 0 radical (unpaired) electrons. The van der Waals surface area contributed by atoms with E-state index in [4.69, 9.17) is 0 Å². The number of alkyl halides is 3. The van der Waals surface area contributed by atoms with E-state index < -0.39 is 28.5 Å². The van der Waals surface area contributed by atoms with Crippen LogP contribution in [0.3, 0.4) is 0 Å². The van der Waals surface area contributed by atoms with E-state index in [2.05, 4.69) is 5.32 Å². The number of carbonyl (C=O) groups is 1. The van der Waals surface area contributed by atoms with Crippen LogP contribution in [-0.4, -0.2) is 22.5 Å². The second-order valence-corrected chi connectivity index (χ2v) is 6.76. The third kappa shape index (κ3) is 5.86. The van der Waals surface area contributed by atoms with Crippen molar-refractivity contribution in [1.82, 2.24) is 0 Å². The number of anilines is 1. The van der Waals surface area contributed by atoms with Gasteiger partial charge in [-0.1, -0.05) is 42.5 Å². The first kappa shape index (κ1) is 18.9. The molecule has 1 N–H and O–H groups in total. The zero-order valence-corrected chi connectivity index (χ0v) is 14.2. The number of rotatable bonds is 5. The maximum Gasteiger partial charge on any atom is 0.417 e. The van der Waals surface area contributed by atoms with Crippen LogP contribution in [0.2, 0.25) is 0 Å². The van der Waals surface area contributed by atoms with Gasteiger partial charge in [-0.15, -0.1) is 0 Å². The Morgan fingerprint density at radius 2 is 1.80 bits per heavy atom. The van der Waals surface area contributed by atoms with Crippen LogP contribution in [0.5, 0.6) is 0 Å². The van der Waals surface area contributed by atoms with E-state index in [-0.39, 0.29) is 5.56 Å². The number of halogens is 3. The fourth-order valence-corrected chi connectivity index (χ4v) is 2.88. The average Bonchev–Trinajstić information content (AvgIpc) is 2.52. The monoisotopic (exact) mass is 367 g/mol. The number of hydrogen-bond donors (Lipinski definition) is 1. The summed E-state index contributed by atoms with van der Waals surface area (Å²) in [5.74, 6) is -0.580. The Morgan fingerprint density at radius 1 is 1.12 bits per heavy atom. The van der Waals surface area contributed by atoms with Gasteiger partial charge < -0.3 is 5.32 Å². The van der Waals surface area contributed by atoms with E-state index in [0.29, 0.717) is 17.5 Å². The molecule has 0 saturated carbocycles. The Balaban J connectivity index is 2.24. The summed E-state index contributed by atoms with van der Waals surface area (Å²) < 4.78 is 50.9. The molecule has 2 aromatic rings. The molecule has 0 fully saturated rings. The van der Waals surface area contributed by atoms with Crippen molar-refractivity contribution in [2.75, 3.05) is 11.6 Å². The number of hydrogen-bond acceptors (Lipinski definition) is 2. The van der Waals surface area contributed by atoms with Crippen molar-refractivity contribution in [2.45, 2.75) is 11.9 Å². The van der Waals surface area contributed by atoms with Crippen LogP contribution in [0.25, 0.3) is 5.57 Å². The van der Waals surface area contributed by atoms with Gasteiger partial charge in [0.2, 0.25) is 5.91 Å². The van der Waals surface area contributed by atoms with Gasteiger partial charge in [0.1, 0.15) is 0 Å². The molecule has 1 unspecified atom stereocenters. The summed E-state index contributed by atoms with van der Waals surface area (Å²) in [6.07, 6.45) is -2.57. The molecule has 0 bridgehead atoms. The number of nitrogens with one attached hydrogen (secondary N) is 1. The van der Waals surface area contributed by atoms with E-state index >= 15 is 0 Å². The molecule has 0 spiro atoms. The van der Waals surface area contributed by atoms with Gasteiger partial charge in [0.05, 0.1) is 5.57 Å². The van der Waals surface area contributed by atoms with E-state index in [1.807, 2.05) is 0 Å². The van der Waals surface area contributed by atoms with Crippen LogP contribution in [0, 0.1) is 0 Å². The lowest BCUT2D eigenvalue weighted by molar-refractivity contribution is -0.112. The van der Waals surface area contributed by atoms with E-state index in [0.717, 1.165) is 5.56 Å². The fourth-order valence-electron chi connectivity index (χ4n) is 2.23. The molecule has 25 heavy (non-hydrogen) atoms. The second-order valence-electron chi connectivity index (χ2n) is 5.33. The summed E-state index contributed by atoms with van der Waals surface area (Å²) in [5, 5.41) is 2.41. The average molecular weight is 367 g/mol. The first-order chi connectivity index (χ1) is 11.8. The molecule has 2 aromatic carbocycles. The topological polar surface area (TPSA) is 46.2 Å². The van der Waals surface area contributed by atoms with Crippen LogP contribution >= 0.6 is 0 Å². The zero-order chi connectivity index (χ0) is 18.4. The normalized spacial score (nSPS) is 13.4. The molecule has 0 heterocycles. The summed E-state index contributed by atoms with van der Waals surface area (Å²) in [4.78, 5) is 12.0. The Kier molecular flexibility index (Phi) is 6.14. The molecule has 132 valence electrons. The summed E-state index contributed by atoms with van der Waals surface area (Å²) in [6.45, 7) is 0. The molecule has 3 nitrogen and oxygen atoms in total. The van der Waals surface area contributed by atoms with Crippen molar-refractivity contribution in [2.24, 2.45) is 0 Å². The molecule has 2 rings (SSSR count). The highest BCUT2D eigenvalue weighted by Gasteiger charge is 2.35. The fraction of sp³-hybridized carbons (Fsp3) is 0.167. The lowest BCUT2D eigenvalue weighted by Crippen LogP contribution is -2.16. The molecule has 0 aliphatic carbocycles. The first-order valence-corrected chi connectivity index (χ1v) is 9.02. The maximum absolute atomic E-state index is 13.2. The molecular weight excluding hydrogens is 351 g/mol. The van der Waals surface area contributed by atoms with Gasteiger partial charge in [0.15, 0.2) is 0 Å². The zero-order valence-electron chi connectivity index (χ0n) is 13.3. The van der Waals surface area contributed by atoms with Gasteiger partial charge in [-0.2, -0.15) is 13.2 Å². The van der Waals surface area contributed by atoms with Crippen LogP contribution < -0.4 is 5.32 Å². The second kappa shape index (κ2) is 8.11. The van der Waals surface area contributed by atoms with Gasteiger partial charge in [-0.25, -0.2) is 0 Å². The van der Waals surface area contributed by atoms with Crippen molar-refractivity contribution in [1.29, 1.82) is 0 Å². The van der Waals surface area contributed by atoms with Crippen molar-refractivity contribution in [3.63, 3.8) is 0 Å². The van der Waals surface area contributed by atoms with E-state index in [9.17, 15) is 22.2 Å². The summed E-state index contributed by atoms with van der Waals surface area (Å²) >= 11 is 0. The van der Waals surface area contributed by atoms with Crippen molar-refractivity contribution in [3.05, 3.63) is 71.8 Å². The third-order valence-corrected chi connectivity index (χ3v) is 3.97. The lowest BCUT2D eigenvalue weighted by atomic mass is 10.1. The molecule has 1 atom stereocenters. The smallest absolute Gasteiger partial charge is 0.322 e. The highest BCUT2D eigenvalue weighted by molar-refractivity contribution is 7.83. The van der Waals surface area contributed by atoms with Gasteiger partial charge in [0.25, 0.3) is 0 Å². The van der Waals surface area contributed by atoms with Crippen LogP contribution in [0.15, 0.2) is 60.7 Å². The molecule has 0 saturated heterocycles. The molecule has 7 heteroatoms. The van der Waals surface area contributed by atoms with Gasteiger partial charge in [-0.3, -0.25) is 9.00 Å². The number of amides is 1. The first-order valence-electron chi connectivity index (χ1n) is 7.30. The van der Waals surface area contributed by atoms with Crippen molar-refractivity contribution < 1.29 is 22.2 Å². The molecule has 0 aromatic heterocycles. The minimum absolute atomic E-state index is 0.0831. The Labute approximate surface area is 146 Å². The number of benzene rings is 2. The van der Waals surface area contributed by atoms with Gasteiger partial charge in [0, 0.05) is 34.6 Å². The number of carbonyl (C=O) groups excluding carboxylic acids is 1. The SMILES string of the molecule is CS(=O)Cc1cccc(NC(=O)C=C(c2ccccc2)C(F)(F)F)c1. The highest BCUT2D eigenvalue weighted by Crippen LogP contribution is 2.33. The minimum Gasteiger partial charge on any atom is -0.322 e. The van der Waals surface area contributed by atoms with Gasteiger partial charge >= 0.3 is 6.18 Å². The summed E-state index contributed by atoms with van der Waals surface area (Å²) in [7, 11) is -1.06. The Hall–Kier alpha value is -2.41. The Bertz CT molecular complexity index is 801. The van der Waals surface area contributed by atoms with Gasteiger partial charge in [-0.05, 0) is 23.3 Å². The third-order valence-electron chi connectivity index (χ3n) is 3.23. The summed E-state index contributed by atoms with van der Waals surface area (Å²) in [6, 6.07) is 13.7. The van der Waals surface area contributed by atoms with E-state index in [1.165, 1.54) is 24.3 Å².